The number of aliphatic imine (C=N–C) groups is 1. The molecule has 0 atom stereocenters. The Labute approximate surface area is 178 Å². The number of carbonyl (C=O) groups excluding carboxylic acids is 1. The van der Waals surface area contributed by atoms with Gasteiger partial charge in [-0.1, -0.05) is 6.07 Å². The molecule has 0 spiro atoms. The summed E-state index contributed by atoms with van der Waals surface area (Å²) in [6, 6.07) is 6.12. The van der Waals surface area contributed by atoms with E-state index in [4.69, 9.17) is 4.74 Å². The highest BCUT2D eigenvalue weighted by Gasteiger charge is 2.22. The first kappa shape index (κ1) is 23.5. The predicted octanol–water partition coefficient (Wildman–Crippen LogP) is 2.64. The van der Waals surface area contributed by atoms with Crippen molar-refractivity contribution in [3.63, 3.8) is 0 Å². The molecule has 152 valence electrons. The van der Waals surface area contributed by atoms with Crippen molar-refractivity contribution in [3.8, 4) is 5.75 Å². The summed E-state index contributed by atoms with van der Waals surface area (Å²) in [7, 11) is 1.68. The number of piperidine rings is 1. The standard InChI is InChI=1S/C19H29FN4O2.HI/c1-3-22-19(23-9-12-26-17-6-4-5-16(20)14-17)24-10-7-15(8-11-24)13-18(25)21-2;/h4-6,14-15H,3,7-13H2,1-2H3,(H,21,25)(H,22,23);1H. The van der Waals surface area contributed by atoms with Crippen molar-refractivity contribution < 1.29 is 13.9 Å². The van der Waals surface area contributed by atoms with Gasteiger partial charge in [-0.2, -0.15) is 0 Å². The minimum atomic E-state index is -0.307. The van der Waals surface area contributed by atoms with Gasteiger partial charge in [0.25, 0.3) is 0 Å². The first-order valence-electron chi connectivity index (χ1n) is 9.24. The van der Waals surface area contributed by atoms with Crippen LogP contribution in [0.15, 0.2) is 29.3 Å². The van der Waals surface area contributed by atoms with E-state index in [1.165, 1.54) is 12.1 Å². The molecule has 0 aliphatic carbocycles. The van der Waals surface area contributed by atoms with Crippen LogP contribution in [0.4, 0.5) is 4.39 Å². The zero-order chi connectivity index (χ0) is 18.8. The zero-order valence-corrected chi connectivity index (χ0v) is 18.4. The summed E-state index contributed by atoms with van der Waals surface area (Å²) in [6.45, 7) is 5.50. The van der Waals surface area contributed by atoms with Crippen LogP contribution in [0.3, 0.4) is 0 Å². The maximum Gasteiger partial charge on any atom is 0.220 e. The third-order valence-corrected chi connectivity index (χ3v) is 4.42. The van der Waals surface area contributed by atoms with E-state index in [9.17, 15) is 9.18 Å². The van der Waals surface area contributed by atoms with Gasteiger partial charge in [0, 0.05) is 39.2 Å². The maximum absolute atomic E-state index is 13.1. The van der Waals surface area contributed by atoms with Crippen LogP contribution in [0.2, 0.25) is 0 Å². The van der Waals surface area contributed by atoms with E-state index in [0.29, 0.717) is 31.2 Å². The molecular formula is C19H30FIN4O2. The van der Waals surface area contributed by atoms with Gasteiger partial charge in [-0.3, -0.25) is 4.79 Å². The molecule has 1 saturated heterocycles. The van der Waals surface area contributed by atoms with Gasteiger partial charge in [0.1, 0.15) is 18.2 Å². The molecule has 1 heterocycles. The molecule has 6 nitrogen and oxygen atoms in total. The molecule has 0 aromatic heterocycles. The molecule has 0 bridgehead atoms. The van der Waals surface area contributed by atoms with Crippen molar-refractivity contribution in [3.05, 3.63) is 30.1 Å². The molecule has 0 radical (unpaired) electrons. The zero-order valence-electron chi connectivity index (χ0n) is 16.0. The van der Waals surface area contributed by atoms with Crippen LogP contribution in [0.1, 0.15) is 26.2 Å². The lowest BCUT2D eigenvalue weighted by atomic mass is 9.93. The van der Waals surface area contributed by atoms with Crippen LogP contribution in [-0.2, 0) is 4.79 Å². The molecule has 1 aliphatic rings. The summed E-state index contributed by atoms with van der Waals surface area (Å²) in [6.07, 6.45) is 2.56. The highest BCUT2D eigenvalue weighted by molar-refractivity contribution is 14.0. The van der Waals surface area contributed by atoms with Crippen molar-refractivity contribution in [2.45, 2.75) is 26.2 Å². The van der Waals surface area contributed by atoms with Gasteiger partial charge in [0.2, 0.25) is 5.91 Å². The number of carbonyl (C=O) groups is 1. The fraction of sp³-hybridized carbons (Fsp3) is 0.579. The number of ether oxygens (including phenoxy) is 1. The Morgan fingerprint density at radius 3 is 2.74 bits per heavy atom. The number of hydrogen-bond acceptors (Lipinski definition) is 3. The highest BCUT2D eigenvalue weighted by Crippen LogP contribution is 2.20. The van der Waals surface area contributed by atoms with Gasteiger partial charge in [-0.25, -0.2) is 9.38 Å². The maximum atomic E-state index is 13.1. The topological polar surface area (TPSA) is 66.0 Å². The molecule has 0 saturated carbocycles. The number of rotatable bonds is 7. The lowest BCUT2D eigenvalue weighted by Gasteiger charge is -2.34. The second-order valence-corrected chi connectivity index (χ2v) is 6.35. The molecule has 2 rings (SSSR count). The second kappa shape index (κ2) is 12.7. The number of likely N-dealkylation sites (tertiary alicyclic amines) is 1. The first-order valence-corrected chi connectivity index (χ1v) is 9.24. The summed E-state index contributed by atoms with van der Waals surface area (Å²) in [5, 5.41) is 6.00. The molecule has 1 aliphatic heterocycles. The van der Waals surface area contributed by atoms with E-state index in [0.717, 1.165) is 38.4 Å². The molecule has 27 heavy (non-hydrogen) atoms. The van der Waals surface area contributed by atoms with E-state index < -0.39 is 0 Å². The average molecular weight is 492 g/mol. The van der Waals surface area contributed by atoms with E-state index in [2.05, 4.69) is 20.5 Å². The van der Waals surface area contributed by atoms with E-state index in [-0.39, 0.29) is 35.7 Å². The summed E-state index contributed by atoms with van der Waals surface area (Å²) in [4.78, 5) is 18.4. The van der Waals surface area contributed by atoms with E-state index >= 15 is 0 Å². The summed E-state index contributed by atoms with van der Waals surface area (Å²) < 4.78 is 18.7. The van der Waals surface area contributed by atoms with Crippen molar-refractivity contribution in [1.82, 2.24) is 15.5 Å². The monoisotopic (exact) mass is 492 g/mol. The largest absolute Gasteiger partial charge is 0.492 e. The minimum Gasteiger partial charge on any atom is -0.492 e. The Morgan fingerprint density at radius 1 is 1.37 bits per heavy atom. The smallest absolute Gasteiger partial charge is 0.220 e. The van der Waals surface area contributed by atoms with Gasteiger partial charge >= 0.3 is 0 Å². The average Bonchev–Trinajstić information content (AvgIpc) is 2.65. The van der Waals surface area contributed by atoms with E-state index in [1.807, 2.05) is 6.92 Å². The Kier molecular flexibility index (Phi) is 11.1. The predicted molar refractivity (Wildman–Crippen MR) is 116 cm³/mol. The third-order valence-electron chi connectivity index (χ3n) is 4.42. The molecule has 1 amide bonds. The van der Waals surface area contributed by atoms with Crippen molar-refractivity contribution in [2.24, 2.45) is 10.9 Å². The molecule has 1 aromatic carbocycles. The Morgan fingerprint density at radius 2 is 2.11 bits per heavy atom. The minimum absolute atomic E-state index is 0. The quantitative estimate of drug-likeness (QED) is 0.266. The lowest BCUT2D eigenvalue weighted by Crippen LogP contribution is -2.46. The van der Waals surface area contributed by atoms with Gasteiger partial charge in [0.05, 0.1) is 6.54 Å². The van der Waals surface area contributed by atoms with E-state index in [1.54, 1.807) is 19.2 Å². The lowest BCUT2D eigenvalue weighted by molar-refractivity contribution is -0.121. The second-order valence-electron chi connectivity index (χ2n) is 6.35. The van der Waals surface area contributed by atoms with Crippen LogP contribution in [0.5, 0.6) is 5.75 Å². The van der Waals surface area contributed by atoms with Crippen LogP contribution >= 0.6 is 24.0 Å². The SMILES string of the molecule is CCNC(=NCCOc1cccc(F)c1)N1CCC(CC(=O)NC)CC1.I. The number of nitrogens with zero attached hydrogens (tertiary/aromatic N) is 2. The molecule has 2 N–H and O–H groups in total. The van der Waals surface area contributed by atoms with Gasteiger partial charge in [0.15, 0.2) is 5.96 Å². The molecular weight excluding hydrogens is 462 g/mol. The third kappa shape index (κ3) is 8.32. The van der Waals surface area contributed by atoms with Crippen molar-refractivity contribution >= 4 is 35.8 Å². The van der Waals surface area contributed by atoms with Crippen LogP contribution in [0, 0.1) is 11.7 Å². The Hall–Kier alpha value is -1.58. The number of hydrogen-bond donors (Lipinski definition) is 2. The van der Waals surface area contributed by atoms with Crippen molar-refractivity contribution in [2.75, 3.05) is 39.8 Å². The molecule has 1 aromatic rings. The molecule has 8 heteroatoms. The van der Waals surface area contributed by atoms with Gasteiger partial charge < -0.3 is 20.3 Å². The normalized spacial score (nSPS) is 15.1. The molecule has 1 fully saturated rings. The number of benzene rings is 1. The van der Waals surface area contributed by atoms with Crippen LogP contribution in [0.25, 0.3) is 0 Å². The highest BCUT2D eigenvalue weighted by atomic mass is 127. The number of amides is 1. The number of halogens is 2. The summed E-state index contributed by atoms with van der Waals surface area (Å²) in [5.41, 5.74) is 0. The summed E-state index contributed by atoms with van der Waals surface area (Å²) in [5.74, 6) is 1.62. The molecule has 0 unspecified atom stereocenters. The number of guanidine groups is 1. The van der Waals surface area contributed by atoms with Crippen LogP contribution in [-0.4, -0.2) is 56.6 Å². The fourth-order valence-electron chi connectivity index (χ4n) is 3.01. The van der Waals surface area contributed by atoms with Gasteiger partial charge in [-0.15, -0.1) is 24.0 Å². The van der Waals surface area contributed by atoms with Crippen LogP contribution < -0.4 is 15.4 Å². The Bertz CT molecular complexity index is 607. The fourth-order valence-corrected chi connectivity index (χ4v) is 3.01. The number of nitrogens with one attached hydrogen (secondary N) is 2. The van der Waals surface area contributed by atoms with Gasteiger partial charge in [-0.05, 0) is 37.8 Å². The Balaban J connectivity index is 0.00000364. The summed E-state index contributed by atoms with van der Waals surface area (Å²) >= 11 is 0. The first-order chi connectivity index (χ1) is 12.6. The van der Waals surface area contributed by atoms with Crippen molar-refractivity contribution in [1.29, 1.82) is 0 Å².